The fourth-order valence-corrected chi connectivity index (χ4v) is 4.40. The van der Waals surface area contributed by atoms with Crippen LogP contribution in [0.2, 0.25) is 0 Å². The second kappa shape index (κ2) is 9.88. The highest BCUT2D eigenvalue weighted by molar-refractivity contribution is 6.02. The molecule has 35 heavy (non-hydrogen) atoms. The SMILES string of the molecule is NC(N)=NC(=O)c1ccc(C2CCN(C(O)c3cccc(-n4ccnc4)c3)CC2)c(C(F)(F)F)c1. The minimum Gasteiger partial charge on any atom is -0.374 e. The lowest BCUT2D eigenvalue weighted by Crippen LogP contribution is -2.36. The van der Waals surface area contributed by atoms with E-state index in [0.29, 0.717) is 31.5 Å². The Morgan fingerprint density at radius 3 is 2.51 bits per heavy atom. The fourth-order valence-electron chi connectivity index (χ4n) is 4.40. The van der Waals surface area contributed by atoms with Crippen molar-refractivity contribution < 1.29 is 23.1 Å². The third kappa shape index (κ3) is 5.52. The highest BCUT2D eigenvalue weighted by atomic mass is 19.4. The maximum absolute atomic E-state index is 13.8. The predicted octanol–water partition coefficient (Wildman–Crippen LogP) is 3.18. The number of aliphatic imine (C=N–C) groups is 1. The van der Waals surface area contributed by atoms with E-state index in [1.165, 1.54) is 12.1 Å². The van der Waals surface area contributed by atoms with Crippen LogP contribution in [0.3, 0.4) is 0 Å². The van der Waals surface area contributed by atoms with Crippen molar-refractivity contribution in [1.82, 2.24) is 14.5 Å². The summed E-state index contributed by atoms with van der Waals surface area (Å²) in [6, 6.07) is 10.8. The van der Waals surface area contributed by atoms with E-state index >= 15 is 0 Å². The summed E-state index contributed by atoms with van der Waals surface area (Å²) < 4.78 is 43.3. The van der Waals surface area contributed by atoms with Gasteiger partial charge in [-0.3, -0.25) is 9.69 Å². The lowest BCUT2D eigenvalue weighted by atomic mass is 9.85. The summed E-state index contributed by atoms with van der Waals surface area (Å²) in [4.78, 5) is 21.2. The number of guanidine groups is 1. The Morgan fingerprint density at radius 1 is 1.14 bits per heavy atom. The molecular formula is C24H25F3N6O2. The van der Waals surface area contributed by atoms with E-state index in [1.54, 1.807) is 18.7 Å². The maximum Gasteiger partial charge on any atom is 0.416 e. The third-order valence-electron chi connectivity index (χ3n) is 6.12. The first-order valence-electron chi connectivity index (χ1n) is 11.0. The number of benzene rings is 2. The predicted molar refractivity (Wildman–Crippen MR) is 124 cm³/mol. The van der Waals surface area contributed by atoms with E-state index in [-0.39, 0.29) is 17.0 Å². The molecule has 5 N–H and O–H groups in total. The average Bonchev–Trinajstić information content (AvgIpc) is 3.38. The van der Waals surface area contributed by atoms with Crippen LogP contribution in [-0.2, 0) is 6.18 Å². The molecule has 1 fully saturated rings. The number of amides is 1. The van der Waals surface area contributed by atoms with E-state index in [2.05, 4.69) is 9.98 Å². The molecule has 1 aliphatic rings. The fraction of sp³-hybridized carbons (Fsp3) is 0.292. The van der Waals surface area contributed by atoms with E-state index in [4.69, 9.17) is 11.5 Å². The van der Waals surface area contributed by atoms with E-state index < -0.39 is 29.8 Å². The molecule has 1 aliphatic heterocycles. The number of carbonyl (C=O) groups excluding carboxylic acids is 1. The van der Waals surface area contributed by atoms with Gasteiger partial charge in [0.15, 0.2) is 5.96 Å². The molecule has 0 spiro atoms. The molecule has 0 bridgehead atoms. The molecule has 0 saturated carbocycles. The number of imidazole rings is 1. The second-order valence-corrected chi connectivity index (χ2v) is 8.39. The van der Waals surface area contributed by atoms with Gasteiger partial charge in [0, 0.05) is 36.7 Å². The van der Waals surface area contributed by atoms with Gasteiger partial charge in [-0.1, -0.05) is 18.2 Å². The average molecular weight is 486 g/mol. The maximum atomic E-state index is 13.8. The summed E-state index contributed by atoms with van der Waals surface area (Å²) in [6.45, 7) is 0.820. The van der Waals surface area contributed by atoms with E-state index in [1.807, 2.05) is 33.7 Å². The highest BCUT2D eigenvalue weighted by Gasteiger charge is 2.37. The zero-order valence-electron chi connectivity index (χ0n) is 18.7. The summed E-state index contributed by atoms with van der Waals surface area (Å²) in [5, 5.41) is 10.9. The molecule has 11 heteroatoms. The van der Waals surface area contributed by atoms with Crippen LogP contribution in [0.4, 0.5) is 13.2 Å². The largest absolute Gasteiger partial charge is 0.416 e. The van der Waals surface area contributed by atoms with Crippen LogP contribution in [0.25, 0.3) is 5.69 Å². The van der Waals surface area contributed by atoms with Crippen LogP contribution in [0.15, 0.2) is 66.2 Å². The Kier molecular flexibility index (Phi) is 6.90. The number of rotatable bonds is 5. The van der Waals surface area contributed by atoms with Gasteiger partial charge in [-0.15, -0.1) is 0 Å². The molecule has 0 radical (unpaired) electrons. The molecule has 1 unspecified atom stereocenters. The number of likely N-dealkylation sites (tertiary alicyclic amines) is 1. The van der Waals surface area contributed by atoms with Crippen LogP contribution in [0, 0.1) is 0 Å². The summed E-state index contributed by atoms with van der Waals surface area (Å²) in [5.74, 6) is -1.83. The lowest BCUT2D eigenvalue weighted by molar-refractivity contribution is -0.138. The Bertz CT molecular complexity index is 1210. The van der Waals surface area contributed by atoms with Crippen LogP contribution >= 0.6 is 0 Å². The Balaban J connectivity index is 1.50. The second-order valence-electron chi connectivity index (χ2n) is 8.39. The zero-order chi connectivity index (χ0) is 25.2. The van der Waals surface area contributed by atoms with E-state index in [9.17, 15) is 23.1 Å². The Hall–Kier alpha value is -3.70. The van der Waals surface area contributed by atoms with Crippen LogP contribution in [-0.4, -0.2) is 44.5 Å². The van der Waals surface area contributed by atoms with Crippen molar-refractivity contribution in [3.8, 4) is 5.69 Å². The number of carbonyl (C=O) groups is 1. The van der Waals surface area contributed by atoms with Gasteiger partial charge in [0.1, 0.15) is 6.23 Å². The summed E-state index contributed by atoms with van der Waals surface area (Å²) >= 11 is 0. The van der Waals surface area contributed by atoms with Gasteiger partial charge in [-0.2, -0.15) is 18.2 Å². The van der Waals surface area contributed by atoms with Crippen molar-refractivity contribution in [1.29, 1.82) is 0 Å². The standard InChI is InChI=1S/C24H25F3N6O2/c25-24(26,27)20-13-16(21(34)31-23(28)29)4-5-19(20)15-6-9-32(10-7-15)22(35)17-2-1-3-18(12-17)33-11-8-30-14-33/h1-5,8,11-15,22,35H,6-7,9-10H2,(H4,28,29,31,34). The molecular weight excluding hydrogens is 461 g/mol. The summed E-state index contributed by atoms with van der Waals surface area (Å²) in [6.07, 6.45) is 0.420. The van der Waals surface area contributed by atoms with Crippen molar-refractivity contribution >= 4 is 11.9 Å². The minimum atomic E-state index is -4.64. The summed E-state index contributed by atoms with van der Waals surface area (Å²) in [7, 11) is 0. The Morgan fingerprint density at radius 2 is 1.89 bits per heavy atom. The summed E-state index contributed by atoms with van der Waals surface area (Å²) in [5.41, 5.74) is 10.9. The molecule has 0 aliphatic carbocycles. The van der Waals surface area contributed by atoms with Gasteiger partial charge in [0.25, 0.3) is 5.91 Å². The number of aliphatic hydroxyl groups excluding tert-OH is 1. The molecule has 1 amide bonds. The number of nitrogens with two attached hydrogens (primary N) is 2. The van der Waals surface area contributed by atoms with Crippen molar-refractivity contribution in [3.63, 3.8) is 0 Å². The molecule has 8 nitrogen and oxygen atoms in total. The number of piperidine rings is 1. The van der Waals surface area contributed by atoms with Crippen LogP contribution < -0.4 is 11.5 Å². The van der Waals surface area contributed by atoms with Crippen LogP contribution in [0.1, 0.15) is 52.0 Å². The topological polar surface area (TPSA) is 123 Å². The number of halogens is 3. The van der Waals surface area contributed by atoms with Crippen LogP contribution in [0.5, 0.6) is 0 Å². The normalized spacial score (nSPS) is 16.1. The molecule has 3 aromatic rings. The van der Waals surface area contributed by atoms with Crippen molar-refractivity contribution in [2.24, 2.45) is 16.5 Å². The first-order valence-corrected chi connectivity index (χ1v) is 11.0. The Labute approximate surface area is 199 Å². The smallest absolute Gasteiger partial charge is 0.374 e. The zero-order valence-corrected chi connectivity index (χ0v) is 18.7. The number of aliphatic hydroxyl groups is 1. The molecule has 1 saturated heterocycles. The number of aromatic nitrogens is 2. The molecule has 184 valence electrons. The lowest BCUT2D eigenvalue weighted by Gasteiger charge is -2.36. The van der Waals surface area contributed by atoms with Gasteiger partial charge < -0.3 is 21.1 Å². The van der Waals surface area contributed by atoms with Gasteiger partial charge >= 0.3 is 6.18 Å². The monoisotopic (exact) mass is 486 g/mol. The molecule has 1 atom stereocenters. The van der Waals surface area contributed by atoms with Gasteiger partial charge in [0.2, 0.25) is 0 Å². The van der Waals surface area contributed by atoms with Crippen molar-refractivity contribution in [2.75, 3.05) is 13.1 Å². The first-order chi connectivity index (χ1) is 16.6. The van der Waals surface area contributed by atoms with E-state index in [0.717, 1.165) is 11.8 Å². The number of hydrogen-bond acceptors (Lipinski definition) is 4. The third-order valence-corrected chi connectivity index (χ3v) is 6.12. The first kappa shape index (κ1) is 24.4. The quantitative estimate of drug-likeness (QED) is 0.376. The number of alkyl halides is 3. The molecule has 2 aromatic carbocycles. The van der Waals surface area contributed by atoms with Crippen molar-refractivity contribution in [3.05, 3.63) is 83.4 Å². The van der Waals surface area contributed by atoms with Gasteiger partial charge in [0.05, 0.1) is 11.9 Å². The molecule has 2 heterocycles. The number of nitrogens with zero attached hydrogens (tertiary/aromatic N) is 4. The van der Waals surface area contributed by atoms with Gasteiger partial charge in [-0.05, 0) is 54.2 Å². The number of hydrogen-bond donors (Lipinski definition) is 3. The van der Waals surface area contributed by atoms with Gasteiger partial charge in [-0.25, -0.2) is 4.98 Å². The minimum absolute atomic E-state index is 0.120. The molecule has 4 rings (SSSR count). The highest BCUT2D eigenvalue weighted by Crippen LogP contribution is 2.40. The molecule has 1 aromatic heterocycles. The van der Waals surface area contributed by atoms with Crippen molar-refractivity contribution in [2.45, 2.75) is 31.2 Å².